The Morgan fingerprint density at radius 2 is 1.61 bits per heavy atom. The molecule has 0 saturated carbocycles. The van der Waals surface area contributed by atoms with E-state index in [0.717, 1.165) is 24.0 Å². The molecule has 0 fully saturated rings. The molecule has 0 N–H and O–H groups in total. The Morgan fingerprint density at radius 3 is 2.06 bits per heavy atom. The van der Waals surface area contributed by atoms with Crippen molar-refractivity contribution in [3.8, 4) is 0 Å². The second-order valence-corrected chi connectivity index (χ2v) is 6.58. The van der Waals surface area contributed by atoms with Gasteiger partial charge in [-0.3, -0.25) is 0 Å². The van der Waals surface area contributed by atoms with Gasteiger partial charge >= 0.3 is 0 Å². The number of rotatable bonds is 5. The molecule has 18 heavy (non-hydrogen) atoms. The minimum atomic E-state index is 0.982. The smallest absolute Gasteiger partial charge is 0.104 e. The Bertz CT molecular complexity index is 400. The summed E-state index contributed by atoms with van der Waals surface area (Å²) in [5.41, 5.74) is 5.90. The molecular formula is C16H29N2+. The van der Waals surface area contributed by atoms with Gasteiger partial charge in [0.25, 0.3) is 0 Å². The van der Waals surface area contributed by atoms with E-state index in [4.69, 9.17) is 0 Å². The third kappa shape index (κ3) is 4.43. The van der Waals surface area contributed by atoms with Crippen LogP contribution in [0, 0.1) is 6.92 Å². The SMILES string of the molecule is CCc1cc(CN(C)C)c(C)c(C[N+](C)(C)C)c1. The highest BCUT2D eigenvalue weighted by Gasteiger charge is 2.14. The summed E-state index contributed by atoms with van der Waals surface area (Å²) in [6.45, 7) is 6.63. The maximum atomic E-state index is 2.39. The third-order valence-corrected chi connectivity index (χ3v) is 3.22. The highest BCUT2D eigenvalue weighted by atomic mass is 15.3. The van der Waals surface area contributed by atoms with Gasteiger partial charge in [-0.1, -0.05) is 13.0 Å². The normalized spacial score (nSPS) is 12.2. The number of quaternary nitrogens is 1. The van der Waals surface area contributed by atoms with Crippen molar-refractivity contribution in [3.63, 3.8) is 0 Å². The van der Waals surface area contributed by atoms with Crippen LogP contribution >= 0.6 is 0 Å². The average molecular weight is 249 g/mol. The van der Waals surface area contributed by atoms with Crippen LogP contribution in [0.15, 0.2) is 12.1 Å². The molecule has 0 unspecified atom stereocenters. The molecule has 0 spiro atoms. The first-order valence-corrected chi connectivity index (χ1v) is 6.79. The van der Waals surface area contributed by atoms with Crippen molar-refractivity contribution >= 4 is 0 Å². The van der Waals surface area contributed by atoms with Gasteiger partial charge in [0.2, 0.25) is 0 Å². The molecular weight excluding hydrogens is 220 g/mol. The van der Waals surface area contributed by atoms with E-state index >= 15 is 0 Å². The van der Waals surface area contributed by atoms with Crippen molar-refractivity contribution < 1.29 is 4.48 Å². The lowest BCUT2D eigenvalue weighted by atomic mass is 9.96. The van der Waals surface area contributed by atoms with Gasteiger partial charge in [0.1, 0.15) is 6.54 Å². The average Bonchev–Trinajstić information content (AvgIpc) is 2.21. The summed E-state index contributed by atoms with van der Waals surface area (Å²) in [5.74, 6) is 0. The molecule has 0 heterocycles. The molecule has 102 valence electrons. The third-order valence-electron chi connectivity index (χ3n) is 3.22. The number of benzene rings is 1. The quantitative estimate of drug-likeness (QED) is 0.725. The molecule has 0 aliphatic heterocycles. The maximum Gasteiger partial charge on any atom is 0.104 e. The van der Waals surface area contributed by atoms with Crippen LogP contribution in [-0.4, -0.2) is 44.6 Å². The minimum Gasteiger partial charge on any atom is -0.327 e. The van der Waals surface area contributed by atoms with E-state index in [0.29, 0.717) is 0 Å². The predicted molar refractivity (Wildman–Crippen MR) is 79.7 cm³/mol. The predicted octanol–water partition coefficient (Wildman–Crippen LogP) is 2.83. The van der Waals surface area contributed by atoms with Crippen LogP contribution in [0.25, 0.3) is 0 Å². The monoisotopic (exact) mass is 249 g/mol. The van der Waals surface area contributed by atoms with E-state index in [2.05, 4.69) is 66.1 Å². The lowest BCUT2D eigenvalue weighted by Crippen LogP contribution is -2.33. The van der Waals surface area contributed by atoms with Gasteiger partial charge in [-0.25, -0.2) is 0 Å². The Kier molecular flexibility index (Phi) is 4.94. The summed E-state index contributed by atoms with van der Waals surface area (Å²) in [4.78, 5) is 2.25. The summed E-state index contributed by atoms with van der Waals surface area (Å²) < 4.78 is 0.982. The zero-order valence-electron chi connectivity index (χ0n) is 13.2. The van der Waals surface area contributed by atoms with Gasteiger partial charge in [-0.2, -0.15) is 0 Å². The summed E-state index contributed by atoms with van der Waals surface area (Å²) in [7, 11) is 11.0. The second-order valence-electron chi connectivity index (χ2n) is 6.58. The fourth-order valence-corrected chi connectivity index (χ4v) is 2.30. The lowest BCUT2D eigenvalue weighted by Gasteiger charge is -2.26. The molecule has 0 amide bonds. The Morgan fingerprint density at radius 1 is 1.06 bits per heavy atom. The van der Waals surface area contributed by atoms with Crippen molar-refractivity contribution in [2.24, 2.45) is 0 Å². The molecule has 0 aliphatic rings. The Balaban J connectivity index is 3.16. The molecule has 2 heteroatoms. The molecule has 0 aromatic heterocycles. The molecule has 0 atom stereocenters. The first-order chi connectivity index (χ1) is 8.23. The Hall–Kier alpha value is -0.860. The lowest BCUT2D eigenvalue weighted by molar-refractivity contribution is -0.884. The fraction of sp³-hybridized carbons (Fsp3) is 0.625. The molecule has 0 bridgehead atoms. The van der Waals surface area contributed by atoms with Gasteiger partial charge in [0, 0.05) is 12.1 Å². The van der Waals surface area contributed by atoms with Crippen molar-refractivity contribution in [3.05, 3.63) is 34.4 Å². The van der Waals surface area contributed by atoms with Crippen molar-refractivity contribution in [2.45, 2.75) is 33.4 Å². The number of nitrogens with zero attached hydrogens (tertiary/aromatic N) is 2. The van der Waals surface area contributed by atoms with Gasteiger partial charge in [0.05, 0.1) is 21.1 Å². The van der Waals surface area contributed by atoms with Crippen LogP contribution in [-0.2, 0) is 19.5 Å². The van der Waals surface area contributed by atoms with Crippen LogP contribution in [0.3, 0.4) is 0 Å². The molecule has 1 rings (SSSR count). The van der Waals surface area contributed by atoms with Crippen LogP contribution in [0.4, 0.5) is 0 Å². The highest BCUT2D eigenvalue weighted by Crippen LogP contribution is 2.21. The zero-order chi connectivity index (χ0) is 13.9. The maximum absolute atomic E-state index is 2.39. The minimum absolute atomic E-state index is 0.982. The van der Waals surface area contributed by atoms with Crippen molar-refractivity contribution in [2.75, 3.05) is 35.2 Å². The first kappa shape index (κ1) is 15.2. The van der Waals surface area contributed by atoms with E-state index in [-0.39, 0.29) is 0 Å². The van der Waals surface area contributed by atoms with Gasteiger partial charge in [-0.05, 0) is 50.2 Å². The number of hydrogen-bond donors (Lipinski definition) is 0. The van der Waals surface area contributed by atoms with Crippen LogP contribution in [0.5, 0.6) is 0 Å². The van der Waals surface area contributed by atoms with Crippen LogP contribution in [0.1, 0.15) is 29.2 Å². The van der Waals surface area contributed by atoms with Crippen LogP contribution in [0.2, 0.25) is 0 Å². The Labute approximate surface area is 113 Å². The molecule has 2 nitrogen and oxygen atoms in total. The number of aryl methyl sites for hydroxylation is 1. The van der Waals surface area contributed by atoms with Gasteiger partial charge < -0.3 is 9.38 Å². The van der Waals surface area contributed by atoms with E-state index in [1.165, 1.54) is 22.3 Å². The summed E-state index contributed by atoms with van der Waals surface area (Å²) in [5, 5.41) is 0. The largest absolute Gasteiger partial charge is 0.327 e. The van der Waals surface area contributed by atoms with Crippen molar-refractivity contribution in [1.29, 1.82) is 0 Å². The molecule has 0 aliphatic carbocycles. The van der Waals surface area contributed by atoms with E-state index in [1.807, 2.05) is 0 Å². The van der Waals surface area contributed by atoms with Crippen LogP contribution < -0.4 is 0 Å². The summed E-state index contributed by atoms with van der Waals surface area (Å²) in [6.07, 6.45) is 1.12. The standard InChI is InChI=1S/C16H29N2/c1-8-14-9-15(11-17(3)4)13(2)16(10-14)12-18(5,6)7/h9-10H,8,11-12H2,1-7H3/q+1. The van der Waals surface area contributed by atoms with Gasteiger partial charge in [-0.15, -0.1) is 0 Å². The highest BCUT2D eigenvalue weighted by molar-refractivity contribution is 5.38. The molecule has 0 saturated heterocycles. The second kappa shape index (κ2) is 5.85. The first-order valence-electron chi connectivity index (χ1n) is 6.79. The zero-order valence-corrected chi connectivity index (χ0v) is 13.2. The molecule has 1 aromatic rings. The summed E-state index contributed by atoms with van der Waals surface area (Å²) in [6, 6.07) is 4.76. The van der Waals surface area contributed by atoms with E-state index < -0.39 is 0 Å². The van der Waals surface area contributed by atoms with Crippen molar-refractivity contribution in [1.82, 2.24) is 4.90 Å². The molecule has 1 aromatic carbocycles. The molecule has 0 radical (unpaired) electrons. The summed E-state index contributed by atoms with van der Waals surface area (Å²) >= 11 is 0. The van der Waals surface area contributed by atoms with E-state index in [9.17, 15) is 0 Å². The topological polar surface area (TPSA) is 3.24 Å². The number of hydrogen-bond acceptors (Lipinski definition) is 1. The fourth-order valence-electron chi connectivity index (χ4n) is 2.30. The van der Waals surface area contributed by atoms with Gasteiger partial charge in [0.15, 0.2) is 0 Å². The van der Waals surface area contributed by atoms with E-state index in [1.54, 1.807) is 0 Å².